The van der Waals surface area contributed by atoms with Gasteiger partial charge in [-0.25, -0.2) is 17.5 Å². The first-order valence-electron chi connectivity index (χ1n) is 8.47. The van der Waals surface area contributed by atoms with Gasteiger partial charge in [0.25, 0.3) is 11.6 Å². The number of hydrogen-bond acceptors (Lipinski definition) is 6. The first-order chi connectivity index (χ1) is 14.1. The maximum Gasteiger partial charge on any atom is 0.270 e. The zero-order valence-corrected chi connectivity index (χ0v) is 16.6. The second-order valence-electron chi connectivity index (χ2n) is 6.57. The molecule has 0 spiro atoms. The van der Waals surface area contributed by atoms with Crippen LogP contribution in [0.1, 0.15) is 21.6 Å². The molecule has 0 radical (unpaired) electrons. The number of nitrogens with zero attached hydrogens (tertiary/aromatic N) is 3. The molecular weight excluding hydrogens is 439 g/mol. The Balaban J connectivity index is 1.79. The normalized spacial score (nSPS) is 14.3. The van der Waals surface area contributed by atoms with Crippen molar-refractivity contribution in [1.82, 2.24) is 9.78 Å². The fraction of sp³-hybridized carbons (Fsp3) is 0.111. The monoisotopic (exact) mass is 450 g/mol. The minimum absolute atomic E-state index is 0.0183. The first-order valence-corrected chi connectivity index (χ1v) is 10.7. The van der Waals surface area contributed by atoms with Gasteiger partial charge in [-0.05, 0) is 30.3 Å². The highest BCUT2D eigenvalue weighted by atomic mass is 35.5. The number of non-ortho nitro benzene ring substituents is 1. The van der Waals surface area contributed by atoms with Gasteiger partial charge in [-0.2, -0.15) is 5.10 Å². The molecule has 12 heteroatoms. The average Bonchev–Trinajstić information content (AvgIpc) is 3.15. The van der Waals surface area contributed by atoms with Crippen LogP contribution in [0.2, 0.25) is 5.02 Å². The Morgan fingerprint density at radius 1 is 1.20 bits per heavy atom. The van der Waals surface area contributed by atoms with Crippen LogP contribution >= 0.6 is 11.6 Å². The molecule has 1 N–H and O–H groups in total. The number of carbonyl (C=O) groups is 1. The molecule has 1 aromatic heterocycles. The van der Waals surface area contributed by atoms with Crippen LogP contribution in [-0.2, 0) is 21.3 Å². The van der Waals surface area contributed by atoms with Gasteiger partial charge in [0.15, 0.2) is 9.84 Å². The highest BCUT2D eigenvalue weighted by Gasteiger charge is 2.33. The van der Waals surface area contributed by atoms with Gasteiger partial charge in [0.2, 0.25) is 0 Å². The van der Waals surface area contributed by atoms with E-state index < -0.39 is 26.5 Å². The van der Waals surface area contributed by atoms with Gasteiger partial charge >= 0.3 is 0 Å². The molecule has 1 amide bonds. The van der Waals surface area contributed by atoms with Crippen molar-refractivity contribution in [2.24, 2.45) is 0 Å². The SMILES string of the molecule is O=C(Nc1c2c(nn1-c1ccc(F)cc1)CS(=O)(=O)C2)c1cc([N+](=O)[O-])ccc1Cl. The lowest BCUT2D eigenvalue weighted by atomic mass is 10.2. The molecule has 0 unspecified atom stereocenters. The summed E-state index contributed by atoms with van der Waals surface area (Å²) in [7, 11) is -3.42. The predicted octanol–water partition coefficient (Wildman–Crippen LogP) is 3.25. The van der Waals surface area contributed by atoms with Gasteiger partial charge in [-0.3, -0.25) is 14.9 Å². The number of amides is 1. The van der Waals surface area contributed by atoms with Gasteiger partial charge in [0.05, 0.1) is 38.4 Å². The number of anilines is 1. The quantitative estimate of drug-likeness (QED) is 0.480. The largest absolute Gasteiger partial charge is 0.306 e. The number of aromatic nitrogens is 2. The Morgan fingerprint density at radius 2 is 1.90 bits per heavy atom. The fourth-order valence-corrected chi connectivity index (χ4v) is 4.81. The number of hydrogen-bond donors (Lipinski definition) is 1. The number of fused-ring (bicyclic) bond motifs is 1. The Morgan fingerprint density at radius 3 is 2.57 bits per heavy atom. The minimum atomic E-state index is -3.42. The van der Waals surface area contributed by atoms with E-state index >= 15 is 0 Å². The van der Waals surface area contributed by atoms with Crippen LogP contribution in [0.15, 0.2) is 42.5 Å². The highest BCUT2D eigenvalue weighted by Crippen LogP contribution is 2.34. The molecule has 0 saturated heterocycles. The smallest absolute Gasteiger partial charge is 0.270 e. The summed E-state index contributed by atoms with van der Waals surface area (Å²) < 4.78 is 38.6. The number of nitro groups is 1. The van der Waals surface area contributed by atoms with Crippen molar-refractivity contribution in [3.63, 3.8) is 0 Å². The summed E-state index contributed by atoms with van der Waals surface area (Å²) >= 11 is 6.03. The number of nitro benzene ring substituents is 1. The summed E-state index contributed by atoms with van der Waals surface area (Å²) in [6.07, 6.45) is 0. The van der Waals surface area contributed by atoms with Crippen molar-refractivity contribution in [3.05, 3.63) is 80.2 Å². The lowest BCUT2D eigenvalue weighted by molar-refractivity contribution is -0.384. The summed E-state index contributed by atoms with van der Waals surface area (Å²) in [5, 5.41) is 17.8. The van der Waals surface area contributed by atoms with Crippen molar-refractivity contribution in [2.45, 2.75) is 11.5 Å². The van der Waals surface area contributed by atoms with Gasteiger partial charge in [0, 0.05) is 17.7 Å². The van der Waals surface area contributed by atoms with E-state index in [1.165, 1.54) is 35.0 Å². The van der Waals surface area contributed by atoms with E-state index in [0.717, 1.165) is 12.1 Å². The number of halogens is 2. The van der Waals surface area contributed by atoms with Crippen LogP contribution in [0.25, 0.3) is 5.69 Å². The summed E-state index contributed by atoms with van der Waals surface area (Å²) in [5.41, 5.74) is 0.467. The zero-order valence-electron chi connectivity index (χ0n) is 15.0. The third kappa shape index (κ3) is 3.64. The van der Waals surface area contributed by atoms with E-state index in [4.69, 9.17) is 11.6 Å². The van der Waals surface area contributed by atoms with Crippen molar-refractivity contribution >= 4 is 38.9 Å². The van der Waals surface area contributed by atoms with Crippen molar-refractivity contribution in [1.29, 1.82) is 0 Å². The molecule has 1 aliphatic rings. The van der Waals surface area contributed by atoms with E-state index in [1.807, 2.05) is 0 Å². The molecule has 0 atom stereocenters. The molecule has 3 aromatic rings. The number of sulfone groups is 1. The number of rotatable bonds is 4. The van der Waals surface area contributed by atoms with Gasteiger partial charge < -0.3 is 5.32 Å². The zero-order chi connectivity index (χ0) is 21.6. The maximum absolute atomic E-state index is 13.3. The van der Waals surface area contributed by atoms with Gasteiger partial charge in [-0.1, -0.05) is 11.6 Å². The van der Waals surface area contributed by atoms with Crippen LogP contribution in [0.4, 0.5) is 15.9 Å². The lowest BCUT2D eigenvalue weighted by Crippen LogP contribution is -2.17. The summed E-state index contributed by atoms with van der Waals surface area (Å²) in [6, 6.07) is 8.63. The Labute approximate surface area is 174 Å². The van der Waals surface area contributed by atoms with Crippen molar-refractivity contribution in [2.75, 3.05) is 5.32 Å². The first kappa shape index (κ1) is 20.0. The van der Waals surface area contributed by atoms with Crippen LogP contribution in [0.3, 0.4) is 0 Å². The second-order valence-corrected chi connectivity index (χ2v) is 9.04. The molecule has 0 aliphatic carbocycles. The summed E-state index contributed by atoms with van der Waals surface area (Å²) in [4.78, 5) is 23.2. The third-order valence-corrected chi connectivity index (χ3v) is 6.27. The molecule has 0 saturated carbocycles. The Kier molecular flexibility index (Phi) is 4.79. The highest BCUT2D eigenvalue weighted by molar-refractivity contribution is 7.90. The van der Waals surface area contributed by atoms with E-state index in [9.17, 15) is 27.7 Å². The van der Waals surface area contributed by atoms with Crippen molar-refractivity contribution < 1.29 is 22.5 Å². The second kappa shape index (κ2) is 7.18. The van der Waals surface area contributed by atoms with E-state index in [-0.39, 0.29) is 39.3 Å². The molecule has 9 nitrogen and oxygen atoms in total. The standard InChI is InChI=1S/C18H12ClFN4O5S/c19-15-6-5-12(24(26)27)7-13(15)18(25)21-17-14-8-30(28,29)9-16(14)22-23(17)11-3-1-10(20)2-4-11/h1-7H,8-9H2,(H,21,25). The molecule has 4 rings (SSSR count). The Bertz CT molecular complexity index is 1300. The lowest BCUT2D eigenvalue weighted by Gasteiger charge is -2.12. The molecule has 154 valence electrons. The molecule has 30 heavy (non-hydrogen) atoms. The minimum Gasteiger partial charge on any atom is -0.306 e. The topological polar surface area (TPSA) is 124 Å². The number of nitrogens with one attached hydrogen (secondary N) is 1. The van der Waals surface area contributed by atoms with Crippen LogP contribution in [0, 0.1) is 15.9 Å². The Hall–Kier alpha value is -3.31. The molecule has 2 aromatic carbocycles. The molecule has 0 bridgehead atoms. The molecule has 0 fully saturated rings. The number of carbonyl (C=O) groups excluding carboxylic acids is 1. The summed E-state index contributed by atoms with van der Waals surface area (Å²) in [6.45, 7) is 0. The third-order valence-electron chi connectivity index (χ3n) is 4.50. The van der Waals surface area contributed by atoms with Crippen molar-refractivity contribution in [3.8, 4) is 5.69 Å². The van der Waals surface area contributed by atoms with E-state index in [0.29, 0.717) is 11.3 Å². The number of benzene rings is 2. The maximum atomic E-state index is 13.3. The average molecular weight is 451 g/mol. The van der Waals surface area contributed by atoms with Crippen LogP contribution in [-0.4, -0.2) is 29.0 Å². The summed E-state index contributed by atoms with van der Waals surface area (Å²) in [5.74, 6) is -1.81. The van der Waals surface area contributed by atoms with Crippen LogP contribution < -0.4 is 5.32 Å². The molecule has 2 heterocycles. The van der Waals surface area contributed by atoms with Gasteiger partial charge in [0.1, 0.15) is 11.6 Å². The molecular formula is C18H12ClFN4O5S. The fourth-order valence-electron chi connectivity index (χ4n) is 3.12. The molecule has 1 aliphatic heterocycles. The van der Waals surface area contributed by atoms with Gasteiger partial charge in [-0.15, -0.1) is 0 Å². The van der Waals surface area contributed by atoms with E-state index in [1.54, 1.807) is 0 Å². The van der Waals surface area contributed by atoms with E-state index in [2.05, 4.69) is 10.4 Å². The predicted molar refractivity (Wildman–Crippen MR) is 106 cm³/mol. The van der Waals surface area contributed by atoms with Crippen LogP contribution in [0.5, 0.6) is 0 Å².